The fourth-order valence-corrected chi connectivity index (χ4v) is 2.54. The third-order valence-corrected chi connectivity index (χ3v) is 3.49. The van der Waals surface area contributed by atoms with Gasteiger partial charge in [-0.3, -0.25) is 0 Å². The average Bonchev–Trinajstić information content (AvgIpc) is 3.29. The maximum Gasteiger partial charge on any atom is 0.116 e. The normalized spacial score (nSPS) is 19.2. The quantitative estimate of drug-likeness (QED) is 0.454. The van der Waals surface area contributed by atoms with Gasteiger partial charge in [0.25, 0.3) is 0 Å². The first-order valence-corrected chi connectivity index (χ1v) is 7.16. The van der Waals surface area contributed by atoms with Crippen LogP contribution in [-0.4, -0.2) is 10.3 Å². The Kier molecular flexibility index (Phi) is 4.11. The van der Waals surface area contributed by atoms with Crippen molar-refractivity contribution in [1.29, 1.82) is 0 Å². The molecule has 1 heterocycles. The maximum atomic E-state index is 5.82. The second-order valence-electron chi connectivity index (χ2n) is 4.50. The molecule has 2 atom stereocenters. The number of rotatable bonds is 4. The van der Waals surface area contributed by atoms with Crippen LogP contribution in [0.1, 0.15) is 23.3 Å². The number of benzene rings is 2. The summed E-state index contributed by atoms with van der Waals surface area (Å²) in [5.74, 6) is 0. The van der Waals surface area contributed by atoms with E-state index in [2.05, 4.69) is 44.7 Å². The summed E-state index contributed by atoms with van der Waals surface area (Å²) in [6.07, 6.45) is -0.0930. The van der Waals surface area contributed by atoms with E-state index in [0.29, 0.717) is 0 Å². The summed E-state index contributed by atoms with van der Waals surface area (Å²) in [4.78, 5) is 8.17. The highest BCUT2D eigenvalue weighted by Crippen LogP contribution is 2.55. The molecule has 102 valence electrons. The minimum Gasteiger partial charge on any atom is -0.359 e. The molecular formula is C16H10N2OS2. The van der Waals surface area contributed by atoms with Crippen LogP contribution < -0.4 is 0 Å². The molecule has 1 fully saturated rings. The van der Waals surface area contributed by atoms with Crippen molar-refractivity contribution in [2.24, 2.45) is 9.98 Å². The van der Waals surface area contributed by atoms with E-state index in [0.717, 1.165) is 22.5 Å². The summed E-state index contributed by atoms with van der Waals surface area (Å²) in [5, 5.41) is 4.81. The summed E-state index contributed by atoms with van der Waals surface area (Å²) in [7, 11) is 0. The molecule has 0 aromatic heterocycles. The van der Waals surface area contributed by atoms with Crippen LogP contribution >= 0.6 is 24.4 Å². The lowest BCUT2D eigenvalue weighted by Gasteiger charge is -2.02. The summed E-state index contributed by atoms with van der Waals surface area (Å²) in [5.41, 5.74) is 3.58. The third-order valence-electron chi connectivity index (χ3n) is 3.31. The molecule has 3 rings (SSSR count). The predicted octanol–water partition coefficient (Wildman–Crippen LogP) is 4.97. The van der Waals surface area contributed by atoms with Crippen LogP contribution in [0, 0.1) is 0 Å². The standard InChI is InChI=1S/C16H10N2OS2/c20-9-17-13-7-3-1-5-11(13)15-16(19-15)12-6-2-4-8-14(12)18-10-21/h1-8,15-16H/t15-,16+. The van der Waals surface area contributed by atoms with Crippen LogP contribution in [0.2, 0.25) is 0 Å². The van der Waals surface area contributed by atoms with E-state index in [1.165, 1.54) is 0 Å². The Morgan fingerprint density at radius 2 is 1.19 bits per heavy atom. The van der Waals surface area contributed by atoms with Gasteiger partial charge >= 0.3 is 0 Å². The Labute approximate surface area is 133 Å². The highest BCUT2D eigenvalue weighted by Gasteiger charge is 2.43. The number of nitrogens with zero attached hydrogens (tertiary/aromatic N) is 2. The second kappa shape index (κ2) is 6.19. The number of ether oxygens (including phenoxy) is 1. The van der Waals surface area contributed by atoms with E-state index < -0.39 is 0 Å². The average molecular weight is 310 g/mol. The Hall–Kier alpha value is -2.00. The summed E-state index contributed by atoms with van der Waals surface area (Å²) in [6, 6.07) is 15.5. The van der Waals surface area contributed by atoms with Crippen molar-refractivity contribution in [3.63, 3.8) is 0 Å². The molecule has 0 N–H and O–H groups in total. The topological polar surface area (TPSA) is 37.2 Å². The van der Waals surface area contributed by atoms with Gasteiger partial charge in [0.2, 0.25) is 0 Å². The fraction of sp³-hybridized carbons (Fsp3) is 0.125. The number of aliphatic imine (C=N–C) groups is 2. The van der Waals surface area contributed by atoms with Crippen molar-refractivity contribution in [3.05, 3.63) is 59.7 Å². The van der Waals surface area contributed by atoms with Crippen molar-refractivity contribution in [3.8, 4) is 0 Å². The Morgan fingerprint density at radius 1 is 0.762 bits per heavy atom. The van der Waals surface area contributed by atoms with Gasteiger partial charge in [-0.05, 0) is 36.6 Å². The smallest absolute Gasteiger partial charge is 0.116 e. The lowest BCUT2D eigenvalue weighted by Crippen LogP contribution is -1.86. The molecule has 21 heavy (non-hydrogen) atoms. The lowest BCUT2D eigenvalue weighted by atomic mass is 10.0. The van der Waals surface area contributed by atoms with Crippen LogP contribution in [0.25, 0.3) is 0 Å². The van der Waals surface area contributed by atoms with Gasteiger partial charge in [-0.15, -0.1) is 0 Å². The van der Waals surface area contributed by atoms with Crippen molar-refractivity contribution < 1.29 is 4.74 Å². The van der Waals surface area contributed by atoms with Crippen LogP contribution in [0.15, 0.2) is 58.5 Å². The molecular weight excluding hydrogens is 300 g/mol. The molecule has 0 saturated carbocycles. The Morgan fingerprint density at radius 3 is 1.62 bits per heavy atom. The molecule has 3 nitrogen and oxygen atoms in total. The minimum absolute atomic E-state index is 0.0465. The van der Waals surface area contributed by atoms with Crippen molar-refractivity contribution >= 4 is 46.1 Å². The molecule has 5 heteroatoms. The van der Waals surface area contributed by atoms with Gasteiger partial charge < -0.3 is 4.74 Å². The fourth-order valence-electron chi connectivity index (χ4n) is 2.34. The second-order valence-corrected chi connectivity index (χ2v) is 4.87. The molecule has 1 aliphatic heterocycles. The molecule has 2 aromatic carbocycles. The van der Waals surface area contributed by atoms with E-state index in [1.54, 1.807) is 0 Å². The van der Waals surface area contributed by atoms with Crippen molar-refractivity contribution in [1.82, 2.24) is 0 Å². The van der Waals surface area contributed by atoms with Crippen LogP contribution in [0.4, 0.5) is 11.4 Å². The summed E-state index contributed by atoms with van der Waals surface area (Å²) >= 11 is 9.37. The van der Waals surface area contributed by atoms with Gasteiger partial charge in [-0.1, -0.05) is 36.4 Å². The number of isothiocyanates is 2. The van der Waals surface area contributed by atoms with E-state index >= 15 is 0 Å². The molecule has 2 aromatic rings. The van der Waals surface area contributed by atoms with Gasteiger partial charge in [-0.2, -0.15) is 9.98 Å². The van der Waals surface area contributed by atoms with Crippen molar-refractivity contribution in [2.75, 3.05) is 0 Å². The van der Waals surface area contributed by atoms with Crippen LogP contribution in [-0.2, 0) is 4.74 Å². The highest BCUT2D eigenvalue weighted by molar-refractivity contribution is 7.78. The Balaban J connectivity index is 1.94. The molecule has 0 radical (unpaired) electrons. The summed E-state index contributed by atoms with van der Waals surface area (Å²) < 4.78 is 5.82. The van der Waals surface area contributed by atoms with Crippen LogP contribution in [0.5, 0.6) is 0 Å². The molecule has 0 bridgehead atoms. The van der Waals surface area contributed by atoms with E-state index in [1.807, 2.05) is 48.5 Å². The van der Waals surface area contributed by atoms with Gasteiger partial charge in [0.15, 0.2) is 0 Å². The first-order valence-electron chi connectivity index (χ1n) is 6.34. The zero-order valence-electron chi connectivity index (χ0n) is 10.9. The zero-order chi connectivity index (χ0) is 14.7. The lowest BCUT2D eigenvalue weighted by molar-refractivity contribution is 0.378. The molecule has 0 spiro atoms. The number of thiocarbonyl (C=S) groups is 2. The monoisotopic (exact) mass is 310 g/mol. The van der Waals surface area contributed by atoms with E-state index in [9.17, 15) is 0 Å². The number of para-hydroxylation sites is 2. The number of hydrogen-bond acceptors (Lipinski definition) is 5. The Bertz CT molecular complexity index is 712. The third kappa shape index (κ3) is 2.88. The number of hydrogen-bond donors (Lipinski definition) is 0. The van der Waals surface area contributed by atoms with Crippen LogP contribution in [0.3, 0.4) is 0 Å². The first kappa shape index (κ1) is 14.0. The van der Waals surface area contributed by atoms with Gasteiger partial charge in [0.1, 0.15) is 12.2 Å². The molecule has 0 amide bonds. The first-order chi connectivity index (χ1) is 10.3. The van der Waals surface area contributed by atoms with Gasteiger partial charge in [0.05, 0.1) is 21.7 Å². The summed E-state index contributed by atoms with van der Waals surface area (Å²) in [6.45, 7) is 0. The largest absolute Gasteiger partial charge is 0.359 e. The molecule has 1 aliphatic rings. The SMILES string of the molecule is S=C=Nc1ccccc1[C@H]1O[C@H]1c1ccccc1N=C=S. The minimum atomic E-state index is -0.0465. The predicted molar refractivity (Wildman–Crippen MR) is 88.8 cm³/mol. The van der Waals surface area contributed by atoms with Gasteiger partial charge in [0, 0.05) is 11.1 Å². The van der Waals surface area contributed by atoms with Gasteiger partial charge in [-0.25, -0.2) is 0 Å². The van der Waals surface area contributed by atoms with E-state index in [4.69, 9.17) is 4.74 Å². The number of epoxide rings is 1. The molecule has 0 unspecified atom stereocenters. The zero-order valence-corrected chi connectivity index (χ0v) is 12.5. The molecule has 1 saturated heterocycles. The molecule has 0 aliphatic carbocycles. The maximum absolute atomic E-state index is 5.82. The highest BCUT2D eigenvalue weighted by atomic mass is 32.1. The van der Waals surface area contributed by atoms with Crippen molar-refractivity contribution in [2.45, 2.75) is 12.2 Å². The van der Waals surface area contributed by atoms with E-state index in [-0.39, 0.29) is 12.2 Å².